The van der Waals surface area contributed by atoms with Crippen LogP contribution < -0.4 is 14.9 Å². The van der Waals surface area contributed by atoms with E-state index >= 15 is 0 Å². The molecule has 0 bridgehead atoms. The number of anilines is 2. The summed E-state index contributed by atoms with van der Waals surface area (Å²) < 4.78 is 38.1. The molecule has 3 aromatic carbocycles. The zero-order valence-corrected chi connectivity index (χ0v) is 21.8. The number of amides is 1. The Bertz CT molecular complexity index is 1470. The van der Waals surface area contributed by atoms with Gasteiger partial charge in [-0.1, -0.05) is 41.9 Å². The minimum atomic E-state index is -4.26. The molecule has 1 amide bonds. The van der Waals surface area contributed by atoms with Crippen LogP contribution in [0.3, 0.4) is 0 Å². The first-order valence-electron chi connectivity index (χ1n) is 11.7. The van der Waals surface area contributed by atoms with Gasteiger partial charge in [-0.2, -0.15) is 0 Å². The second-order valence-corrected chi connectivity index (χ2v) is 12.0. The lowest BCUT2D eigenvalue weighted by molar-refractivity contribution is -0.126. The van der Waals surface area contributed by atoms with Gasteiger partial charge in [0.25, 0.3) is 0 Å². The van der Waals surface area contributed by atoms with Crippen molar-refractivity contribution < 1.29 is 17.6 Å². The van der Waals surface area contributed by atoms with Crippen LogP contribution in [-0.4, -0.2) is 32.5 Å². The number of halogens is 2. The van der Waals surface area contributed by atoms with E-state index in [9.17, 15) is 17.6 Å². The predicted molar refractivity (Wildman–Crippen MR) is 140 cm³/mol. The summed E-state index contributed by atoms with van der Waals surface area (Å²) >= 11 is 6.34. The van der Waals surface area contributed by atoms with Crippen LogP contribution in [0.25, 0.3) is 11.1 Å². The van der Waals surface area contributed by atoms with Gasteiger partial charge in [0, 0.05) is 40.1 Å². The van der Waals surface area contributed by atoms with E-state index in [4.69, 9.17) is 16.7 Å². The van der Waals surface area contributed by atoms with Crippen LogP contribution in [0.5, 0.6) is 0 Å². The molecule has 6 nitrogen and oxygen atoms in total. The molecule has 0 saturated carbocycles. The molecule has 0 radical (unpaired) electrons. The van der Waals surface area contributed by atoms with Crippen molar-refractivity contribution >= 4 is 38.9 Å². The first kappa shape index (κ1) is 24.7. The van der Waals surface area contributed by atoms with E-state index in [-0.39, 0.29) is 17.9 Å². The van der Waals surface area contributed by atoms with Crippen molar-refractivity contribution in [2.75, 3.05) is 16.3 Å². The molecule has 0 spiro atoms. The average Bonchev–Trinajstić information content (AvgIpc) is 3.12. The monoisotopic (exact) mass is 527 g/mol. The molecule has 2 aliphatic rings. The molecule has 2 heterocycles. The quantitative estimate of drug-likeness (QED) is 0.518. The number of rotatable bonds is 4. The first-order chi connectivity index (χ1) is 16.9. The molecule has 5 rings (SSSR count). The summed E-state index contributed by atoms with van der Waals surface area (Å²) in [6.45, 7) is 6.43. The van der Waals surface area contributed by atoms with Crippen LogP contribution in [0.4, 0.5) is 15.8 Å². The van der Waals surface area contributed by atoms with Crippen LogP contribution in [0.1, 0.15) is 26.3 Å². The molecular formula is C27H27ClFN3O3S. The minimum absolute atomic E-state index is 0.109. The Morgan fingerprint density at radius 1 is 1.11 bits per heavy atom. The number of primary sulfonamides is 1. The van der Waals surface area contributed by atoms with Gasteiger partial charge in [0.1, 0.15) is 10.7 Å². The maximum atomic E-state index is 14.4. The van der Waals surface area contributed by atoms with Gasteiger partial charge in [-0.15, -0.1) is 0 Å². The first-order valence-corrected chi connectivity index (χ1v) is 13.6. The Morgan fingerprint density at radius 3 is 2.39 bits per heavy atom. The third kappa shape index (κ3) is 3.97. The number of hydrogen-bond donors (Lipinski definition) is 1. The van der Waals surface area contributed by atoms with Crippen LogP contribution in [-0.2, 0) is 21.2 Å². The second kappa shape index (κ2) is 8.57. The van der Waals surface area contributed by atoms with E-state index in [0.29, 0.717) is 29.2 Å². The fourth-order valence-corrected chi connectivity index (χ4v) is 6.24. The molecule has 0 aromatic heterocycles. The van der Waals surface area contributed by atoms with E-state index in [1.165, 1.54) is 12.1 Å². The Morgan fingerprint density at radius 2 is 1.78 bits per heavy atom. The van der Waals surface area contributed by atoms with Crippen LogP contribution in [0.15, 0.2) is 65.6 Å². The molecule has 188 valence electrons. The largest absolute Gasteiger partial charge is 0.365 e. The lowest BCUT2D eigenvalue weighted by Gasteiger charge is -2.56. The van der Waals surface area contributed by atoms with E-state index in [0.717, 1.165) is 16.8 Å². The van der Waals surface area contributed by atoms with E-state index in [1.807, 2.05) is 69.3 Å². The summed E-state index contributed by atoms with van der Waals surface area (Å²) in [5.74, 6) is -1.33. The number of fused-ring (bicyclic) bond motifs is 1. The van der Waals surface area contributed by atoms with E-state index in [1.54, 1.807) is 4.90 Å². The summed E-state index contributed by atoms with van der Waals surface area (Å²) in [5.41, 5.74) is 3.50. The second-order valence-electron chi connectivity index (χ2n) is 10.1. The van der Waals surface area contributed by atoms with Crippen LogP contribution in [0, 0.1) is 11.7 Å². The number of carbonyl (C=O) groups excluding carboxylic acids is 1. The van der Waals surface area contributed by atoms with Crippen molar-refractivity contribution in [2.24, 2.45) is 11.1 Å². The van der Waals surface area contributed by atoms with E-state index in [2.05, 4.69) is 4.90 Å². The molecule has 1 unspecified atom stereocenters. The van der Waals surface area contributed by atoms with E-state index < -0.39 is 26.3 Å². The molecule has 2 aliphatic heterocycles. The van der Waals surface area contributed by atoms with Crippen LogP contribution >= 0.6 is 11.6 Å². The van der Waals surface area contributed by atoms with Gasteiger partial charge in [0.15, 0.2) is 0 Å². The van der Waals surface area contributed by atoms with Gasteiger partial charge in [0.05, 0.1) is 5.92 Å². The van der Waals surface area contributed by atoms with Gasteiger partial charge >= 0.3 is 0 Å². The third-order valence-corrected chi connectivity index (χ3v) is 8.72. The normalized spacial score (nSPS) is 20.7. The smallest absolute Gasteiger partial charge is 0.241 e. The van der Waals surface area contributed by atoms with Gasteiger partial charge < -0.3 is 9.80 Å². The fraction of sp³-hybridized carbons (Fsp3) is 0.296. The van der Waals surface area contributed by atoms with Crippen molar-refractivity contribution in [3.8, 4) is 11.1 Å². The minimum Gasteiger partial charge on any atom is -0.365 e. The van der Waals surface area contributed by atoms with Crippen molar-refractivity contribution in [1.82, 2.24) is 0 Å². The Labute approximate surface area is 215 Å². The molecular weight excluding hydrogens is 501 g/mol. The molecule has 9 heteroatoms. The van der Waals surface area contributed by atoms with Crippen molar-refractivity contribution in [1.29, 1.82) is 0 Å². The van der Waals surface area contributed by atoms with Crippen molar-refractivity contribution in [3.05, 3.63) is 77.1 Å². The van der Waals surface area contributed by atoms with Gasteiger partial charge in [-0.3, -0.25) is 4.79 Å². The number of sulfonamides is 1. The molecule has 1 saturated heterocycles. The number of carbonyl (C=O) groups is 1. The molecule has 2 atom stereocenters. The highest BCUT2D eigenvalue weighted by atomic mass is 35.5. The summed E-state index contributed by atoms with van der Waals surface area (Å²) in [4.78, 5) is 16.9. The average molecular weight is 528 g/mol. The van der Waals surface area contributed by atoms with Gasteiger partial charge in [0.2, 0.25) is 15.9 Å². The maximum Gasteiger partial charge on any atom is 0.241 e. The lowest BCUT2D eigenvalue weighted by Crippen LogP contribution is -2.69. The van der Waals surface area contributed by atoms with Crippen molar-refractivity contribution in [2.45, 2.75) is 43.7 Å². The highest BCUT2D eigenvalue weighted by Gasteiger charge is 2.53. The molecule has 2 N–H and O–H groups in total. The Hall–Kier alpha value is -2.94. The maximum absolute atomic E-state index is 14.4. The highest BCUT2D eigenvalue weighted by Crippen LogP contribution is 2.44. The summed E-state index contributed by atoms with van der Waals surface area (Å²) in [6, 6.07) is 17.9. The zero-order chi connectivity index (χ0) is 26.0. The number of hydrogen-bond acceptors (Lipinski definition) is 4. The fourth-order valence-electron chi connectivity index (χ4n) is 5.39. The van der Waals surface area contributed by atoms with Crippen molar-refractivity contribution in [3.63, 3.8) is 0 Å². The summed E-state index contributed by atoms with van der Waals surface area (Å²) in [5, 5.41) is 5.89. The lowest BCUT2D eigenvalue weighted by atomic mass is 9.75. The van der Waals surface area contributed by atoms with Gasteiger partial charge in [-0.25, -0.2) is 17.9 Å². The Kier molecular flexibility index (Phi) is 5.89. The summed E-state index contributed by atoms with van der Waals surface area (Å²) in [7, 11) is -4.26. The topological polar surface area (TPSA) is 83.7 Å². The third-order valence-electron chi connectivity index (χ3n) is 7.47. The SMILES string of the molecule is C[C@H]1Cc2cc(F)c(S(N)(=O)=O)cc2N1C(=O)C1CN(c2ccc(-c3ccccc3Cl)cc2)C1(C)C. The number of nitrogens with two attached hydrogens (primary N) is 1. The van der Waals surface area contributed by atoms with Gasteiger partial charge in [-0.05, 0) is 68.7 Å². The molecule has 1 fully saturated rings. The molecule has 36 heavy (non-hydrogen) atoms. The standard InChI is InChI=1S/C27H27ClFN3O3S/c1-16-12-18-13-23(29)25(36(30,34)35)14-24(18)32(16)26(33)21-15-31(27(21,2)3)19-10-8-17(9-11-19)20-6-4-5-7-22(20)28/h4-11,13-14,16,21H,12,15H2,1-3H3,(H2,30,34,35)/t16-,21?/m0/s1. The highest BCUT2D eigenvalue weighted by molar-refractivity contribution is 7.89. The van der Waals surface area contributed by atoms with Crippen LogP contribution in [0.2, 0.25) is 5.02 Å². The Balaban J connectivity index is 1.39. The predicted octanol–water partition coefficient (Wildman–Crippen LogP) is 4.99. The number of benzene rings is 3. The number of nitrogens with zero attached hydrogens (tertiary/aromatic N) is 2. The zero-order valence-electron chi connectivity index (χ0n) is 20.2. The molecule has 3 aromatic rings. The molecule has 0 aliphatic carbocycles. The summed E-state index contributed by atoms with van der Waals surface area (Å²) in [6.07, 6.45) is 0.448.